The van der Waals surface area contributed by atoms with Crippen molar-refractivity contribution in [3.05, 3.63) is 115 Å². The lowest BCUT2D eigenvalue weighted by atomic mass is 10.1. The van der Waals surface area contributed by atoms with Crippen molar-refractivity contribution in [3.8, 4) is 22.6 Å². The molecule has 0 aliphatic carbocycles. The van der Waals surface area contributed by atoms with Crippen molar-refractivity contribution >= 4 is 11.6 Å². The summed E-state index contributed by atoms with van der Waals surface area (Å²) in [5.41, 5.74) is 4.15. The van der Waals surface area contributed by atoms with E-state index in [-0.39, 0.29) is 12.5 Å². The molecule has 0 aliphatic heterocycles. The van der Waals surface area contributed by atoms with E-state index in [0.29, 0.717) is 18.0 Å². The fourth-order valence-electron chi connectivity index (χ4n) is 3.32. The van der Waals surface area contributed by atoms with Crippen molar-refractivity contribution in [1.82, 2.24) is 0 Å². The van der Waals surface area contributed by atoms with E-state index in [1.54, 1.807) is 0 Å². The second-order valence-corrected chi connectivity index (χ2v) is 7.34. The van der Waals surface area contributed by atoms with Crippen LogP contribution in [-0.4, -0.2) is 19.1 Å². The molecular formula is C28H25NO3. The van der Waals surface area contributed by atoms with Crippen molar-refractivity contribution < 1.29 is 14.3 Å². The van der Waals surface area contributed by atoms with Crippen LogP contribution in [-0.2, 0) is 11.2 Å². The van der Waals surface area contributed by atoms with Gasteiger partial charge in [-0.05, 0) is 41.0 Å². The number of hydrogen-bond acceptors (Lipinski definition) is 3. The van der Waals surface area contributed by atoms with Crippen LogP contribution in [0, 0.1) is 0 Å². The van der Waals surface area contributed by atoms with E-state index in [9.17, 15) is 4.79 Å². The first kappa shape index (κ1) is 21.2. The Hall–Kier alpha value is -4.05. The molecule has 0 saturated heterocycles. The van der Waals surface area contributed by atoms with Gasteiger partial charge in [0.15, 0.2) is 6.61 Å². The van der Waals surface area contributed by atoms with Crippen LogP contribution in [0.5, 0.6) is 11.5 Å². The molecule has 4 aromatic rings. The van der Waals surface area contributed by atoms with E-state index < -0.39 is 0 Å². The molecule has 0 unspecified atom stereocenters. The summed E-state index contributed by atoms with van der Waals surface area (Å²) in [5.74, 6) is 1.15. The minimum atomic E-state index is -0.224. The lowest BCUT2D eigenvalue weighted by Gasteiger charge is -2.10. The minimum Gasteiger partial charge on any atom is -0.493 e. The summed E-state index contributed by atoms with van der Waals surface area (Å²) in [6.45, 7) is 0.507. The first-order valence-electron chi connectivity index (χ1n) is 10.6. The number of anilines is 1. The van der Waals surface area contributed by atoms with E-state index in [1.165, 1.54) is 5.56 Å². The lowest BCUT2D eigenvalue weighted by Crippen LogP contribution is -2.20. The molecule has 0 aromatic heterocycles. The molecule has 0 heterocycles. The van der Waals surface area contributed by atoms with Gasteiger partial charge in [-0.25, -0.2) is 0 Å². The van der Waals surface area contributed by atoms with Crippen molar-refractivity contribution in [1.29, 1.82) is 0 Å². The van der Waals surface area contributed by atoms with E-state index in [2.05, 4.69) is 29.6 Å². The average Bonchev–Trinajstić information content (AvgIpc) is 2.85. The topological polar surface area (TPSA) is 47.6 Å². The van der Waals surface area contributed by atoms with Crippen molar-refractivity contribution in [2.75, 3.05) is 18.5 Å². The van der Waals surface area contributed by atoms with Crippen molar-refractivity contribution in [2.45, 2.75) is 6.42 Å². The molecule has 0 fully saturated rings. The van der Waals surface area contributed by atoms with Gasteiger partial charge in [0.05, 0.1) is 6.61 Å². The monoisotopic (exact) mass is 423 g/mol. The summed E-state index contributed by atoms with van der Waals surface area (Å²) < 4.78 is 11.5. The number of benzene rings is 4. The third-order valence-electron chi connectivity index (χ3n) is 4.95. The first-order chi connectivity index (χ1) is 15.8. The maximum absolute atomic E-state index is 12.3. The summed E-state index contributed by atoms with van der Waals surface area (Å²) in [7, 11) is 0. The Balaban J connectivity index is 1.24. The highest BCUT2D eigenvalue weighted by Crippen LogP contribution is 2.22. The highest BCUT2D eigenvalue weighted by molar-refractivity contribution is 5.92. The number of rotatable bonds is 9. The predicted molar refractivity (Wildman–Crippen MR) is 128 cm³/mol. The quantitative estimate of drug-likeness (QED) is 0.360. The summed E-state index contributed by atoms with van der Waals surface area (Å²) >= 11 is 0. The van der Waals surface area contributed by atoms with Gasteiger partial charge in [-0.3, -0.25) is 4.79 Å². The molecular weight excluding hydrogens is 398 g/mol. The molecule has 0 radical (unpaired) electrons. The van der Waals surface area contributed by atoms with E-state index in [0.717, 1.165) is 23.3 Å². The summed E-state index contributed by atoms with van der Waals surface area (Å²) in [5, 5.41) is 2.85. The van der Waals surface area contributed by atoms with Gasteiger partial charge < -0.3 is 14.8 Å². The molecule has 1 N–H and O–H groups in total. The van der Waals surface area contributed by atoms with Crippen LogP contribution in [0.3, 0.4) is 0 Å². The average molecular weight is 424 g/mol. The standard InChI is InChI=1S/C28H25NO3/c30-28(21-32-26-16-14-24(15-17-26)23-10-5-2-6-11-23)29-25-12-7-13-27(20-25)31-19-18-22-8-3-1-4-9-22/h1-17,20H,18-19,21H2,(H,29,30). The van der Waals surface area contributed by atoms with Gasteiger partial charge in [-0.1, -0.05) is 78.9 Å². The van der Waals surface area contributed by atoms with Crippen molar-refractivity contribution in [2.24, 2.45) is 0 Å². The normalized spacial score (nSPS) is 10.4. The molecule has 0 bridgehead atoms. The third kappa shape index (κ3) is 6.22. The molecule has 4 nitrogen and oxygen atoms in total. The number of amides is 1. The summed E-state index contributed by atoms with van der Waals surface area (Å²) in [4.78, 5) is 12.3. The van der Waals surface area contributed by atoms with E-state index >= 15 is 0 Å². The Labute approximate surface area is 188 Å². The minimum absolute atomic E-state index is 0.0657. The van der Waals surface area contributed by atoms with Gasteiger partial charge in [0, 0.05) is 18.2 Å². The lowest BCUT2D eigenvalue weighted by molar-refractivity contribution is -0.118. The molecule has 0 aliphatic rings. The fraction of sp³-hybridized carbons (Fsp3) is 0.107. The Morgan fingerprint density at radius 2 is 1.34 bits per heavy atom. The van der Waals surface area contributed by atoms with Crippen LogP contribution in [0.2, 0.25) is 0 Å². The molecule has 4 heteroatoms. The largest absolute Gasteiger partial charge is 0.493 e. The van der Waals surface area contributed by atoms with Crippen molar-refractivity contribution in [3.63, 3.8) is 0 Å². The number of nitrogens with one attached hydrogen (secondary N) is 1. The number of ether oxygens (including phenoxy) is 2. The van der Waals surface area contributed by atoms with Gasteiger partial charge >= 0.3 is 0 Å². The van der Waals surface area contributed by atoms with Crippen LogP contribution in [0.4, 0.5) is 5.69 Å². The Kier molecular flexibility index (Phi) is 7.17. The zero-order valence-electron chi connectivity index (χ0n) is 17.7. The number of carbonyl (C=O) groups is 1. The molecule has 32 heavy (non-hydrogen) atoms. The van der Waals surface area contributed by atoms with Crippen LogP contribution in [0.15, 0.2) is 109 Å². The Morgan fingerprint density at radius 1 is 0.656 bits per heavy atom. The van der Waals surface area contributed by atoms with Crippen LogP contribution in [0.1, 0.15) is 5.56 Å². The predicted octanol–water partition coefficient (Wildman–Crippen LogP) is 5.99. The van der Waals surface area contributed by atoms with E-state index in [4.69, 9.17) is 9.47 Å². The molecule has 4 rings (SSSR count). The van der Waals surface area contributed by atoms with Crippen LogP contribution < -0.4 is 14.8 Å². The van der Waals surface area contributed by atoms with Gasteiger partial charge in [0.2, 0.25) is 0 Å². The summed E-state index contributed by atoms with van der Waals surface area (Å²) in [6, 6.07) is 35.4. The molecule has 4 aromatic carbocycles. The second-order valence-electron chi connectivity index (χ2n) is 7.34. The van der Waals surface area contributed by atoms with Gasteiger partial charge in [0.1, 0.15) is 11.5 Å². The van der Waals surface area contributed by atoms with Gasteiger partial charge in [0.25, 0.3) is 5.91 Å². The maximum Gasteiger partial charge on any atom is 0.262 e. The second kappa shape index (κ2) is 10.8. The van der Waals surface area contributed by atoms with E-state index in [1.807, 2.05) is 84.9 Å². The Bertz CT molecular complexity index is 1130. The third-order valence-corrected chi connectivity index (χ3v) is 4.95. The smallest absolute Gasteiger partial charge is 0.262 e. The van der Waals surface area contributed by atoms with Gasteiger partial charge in [-0.2, -0.15) is 0 Å². The zero-order valence-corrected chi connectivity index (χ0v) is 17.7. The number of hydrogen-bond donors (Lipinski definition) is 1. The zero-order chi connectivity index (χ0) is 22.0. The van der Waals surface area contributed by atoms with Crippen LogP contribution in [0.25, 0.3) is 11.1 Å². The van der Waals surface area contributed by atoms with Gasteiger partial charge in [-0.15, -0.1) is 0 Å². The fourth-order valence-corrected chi connectivity index (χ4v) is 3.32. The number of carbonyl (C=O) groups excluding carboxylic acids is 1. The van der Waals surface area contributed by atoms with Crippen LogP contribution >= 0.6 is 0 Å². The maximum atomic E-state index is 12.3. The highest BCUT2D eigenvalue weighted by Gasteiger charge is 2.06. The SMILES string of the molecule is O=C(COc1ccc(-c2ccccc2)cc1)Nc1cccc(OCCc2ccccc2)c1. The summed E-state index contributed by atoms with van der Waals surface area (Å²) in [6.07, 6.45) is 0.828. The highest BCUT2D eigenvalue weighted by atomic mass is 16.5. The molecule has 160 valence electrons. The molecule has 1 amide bonds. The molecule has 0 saturated carbocycles. The Morgan fingerprint density at radius 3 is 2.09 bits per heavy atom. The molecule has 0 spiro atoms. The molecule has 0 atom stereocenters. The first-order valence-corrected chi connectivity index (χ1v) is 10.6.